The summed E-state index contributed by atoms with van der Waals surface area (Å²) in [6.45, 7) is 0. The predicted octanol–water partition coefficient (Wildman–Crippen LogP) is 2.50. The zero-order chi connectivity index (χ0) is 14.7. The quantitative estimate of drug-likeness (QED) is 0.753. The molecule has 104 valence electrons. The lowest BCUT2D eigenvalue weighted by molar-refractivity contribution is 0.102. The van der Waals surface area contributed by atoms with Crippen LogP contribution >= 0.6 is 0 Å². The summed E-state index contributed by atoms with van der Waals surface area (Å²) in [7, 11) is 1.34. The summed E-state index contributed by atoms with van der Waals surface area (Å²) >= 11 is 0. The van der Waals surface area contributed by atoms with Crippen LogP contribution in [-0.4, -0.2) is 23.2 Å². The van der Waals surface area contributed by atoms with E-state index in [1.807, 2.05) is 0 Å². The first kappa shape index (κ1) is 13.7. The predicted molar refractivity (Wildman–Crippen MR) is 70.7 cm³/mol. The Morgan fingerprint density at radius 1 is 1.25 bits per heavy atom. The number of rotatable bonds is 3. The van der Waals surface area contributed by atoms with Crippen molar-refractivity contribution in [3.05, 3.63) is 47.8 Å². The van der Waals surface area contributed by atoms with E-state index < -0.39 is 23.2 Å². The topological polar surface area (TPSA) is 78.8 Å². The highest BCUT2D eigenvalue weighted by molar-refractivity contribution is 6.07. The molecule has 0 aromatic heterocycles. The van der Waals surface area contributed by atoms with Crippen LogP contribution in [0.25, 0.3) is 0 Å². The highest BCUT2D eigenvalue weighted by Gasteiger charge is 2.15. The third-order valence-electron chi connectivity index (χ3n) is 2.67. The van der Waals surface area contributed by atoms with Crippen LogP contribution in [0.2, 0.25) is 0 Å². The number of halogens is 1. The summed E-state index contributed by atoms with van der Waals surface area (Å²) in [6.07, 6.45) is 0. The average molecular weight is 277 g/mol. The minimum atomic E-state index is -0.650. The minimum absolute atomic E-state index is 0.101. The minimum Gasteiger partial charge on any atom is -0.504 e. The Balaban J connectivity index is 2.30. The number of amides is 1. The van der Waals surface area contributed by atoms with Crippen molar-refractivity contribution >= 4 is 11.6 Å². The van der Waals surface area contributed by atoms with Crippen LogP contribution < -0.4 is 10.1 Å². The van der Waals surface area contributed by atoms with E-state index in [4.69, 9.17) is 4.74 Å². The molecule has 0 fully saturated rings. The third-order valence-corrected chi connectivity index (χ3v) is 2.67. The number of carbonyl (C=O) groups excluding carboxylic acids is 1. The third kappa shape index (κ3) is 2.64. The molecule has 0 unspecified atom stereocenters. The van der Waals surface area contributed by atoms with Gasteiger partial charge in [-0.05, 0) is 24.3 Å². The van der Waals surface area contributed by atoms with Crippen LogP contribution in [0.4, 0.5) is 10.1 Å². The Kier molecular flexibility index (Phi) is 3.74. The van der Waals surface area contributed by atoms with Crippen molar-refractivity contribution in [2.45, 2.75) is 0 Å². The van der Waals surface area contributed by atoms with Crippen molar-refractivity contribution in [1.29, 1.82) is 0 Å². The van der Waals surface area contributed by atoms with Gasteiger partial charge in [0.2, 0.25) is 0 Å². The number of aromatic hydroxyl groups is 2. The molecule has 0 spiro atoms. The van der Waals surface area contributed by atoms with Crippen LogP contribution in [0.3, 0.4) is 0 Å². The van der Waals surface area contributed by atoms with Gasteiger partial charge in [-0.3, -0.25) is 4.79 Å². The van der Waals surface area contributed by atoms with Crippen LogP contribution in [0.15, 0.2) is 36.4 Å². The first-order chi connectivity index (χ1) is 9.52. The van der Waals surface area contributed by atoms with Gasteiger partial charge < -0.3 is 20.3 Å². The molecule has 1 amide bonds. The van der Waals surface area contributed by atoms with Gasteiger partial charge in [0.15, 0.2) is 11.5 Å². The van der Waals surface area contributed by atoms with E-state index in [1.54, 1.807) is 0 Å². The normalized spacial score (nSPS) is 10.1. The number of hydrogen-bond acceptors (Lipinski definition) is 4. The molecular weight excluding hydrogens is 265 g/mol. The first-order valence-corrected chi connectivity index (χ1v) is 5.68. The maximum Gasteiger partial charge on any atom is 0.259 e. The van der Waals surface area contributed by atoms with E-state index in [2.05, 4.69) is 5.32 Å². The number of para-hydroxylation sites is 1. The summed E-state index contributed by atoms with van der Waals surface area (Å²) in [5, 5.41) is 21.4. The molecule has 0 heterocycles. The lowest BCUT2D eigenvalue weighted by Crippen LogP contribution is -2.13. The summed E-state index contributed by atoms with van der Waals surface area (Å²) in [5.41, 5.74) is 0.151. The molecule has 2 rings (SSSR count). The molecule has 20 heavy (non-hydrogen) atoms. The Labute approximate surface area is 114 Å². The number of phenolic OH excluding ortho intramolecular Hbond substituents is 2. The van der Waals surface area contributed by atoms with E-state index in [0.717, 1.165) is 6.07 Å². The molecule has 6 heteroatoms. The fourth-order valence-electron chi connectivity index (χ4n) is 1.67. The molecule has 0 aliphatic heterocycles. The van der Waals surface area contributed by atoms with E-state index in [0.29, 0.717) is 0 Å². The van der Waals surface area contributed by atoms with E-state index in [9.17, 15) is 19.4 Å². The molecule has 0 bridgehead atoms. The summed E-state index contributed by atoms with van der Waals surface area (Å²) in [4.78, 5) is 12.0. The van der Waals surface area contributed by atoms with E-state index >= 15 is 0 Å². The maximum atomic E-state index is 13.0. The number of benzene rings is 2. The summed E-state index contributed by atoms with van der Waals surface area (Å²) in [6, 6.07) is 7.65. The Bertz CT molecular complexity index is 658. The van der Waals surface area contributed by atoms with Gasteiger partial charge in [0.25, 0.3) is 5.91 Å². The van der Waals surface area contributed by atoms with Gasteiger partial charge in [0.05, 0.1) is 18.4 Å². The van der Waals surface area contributed by atoms with E-state index in [-0.39, 0.29) is 17.0 Å². The Hall–Kier alpha value is -2.76. The molecule has 2 aromatic carbocycles. The number of hydrogen-bond donors (Lipinski definition) is 3. The smallest absolute Gasteiger partial charge is 0.259 e. The number of methoxy groups -OCH3 is 1. The number of ether oxygens (including phenoxy) is 1. The SMILES string of the molecule is COc1cc(F)ccc1NC(=O)c1cccc(O)c1O. The van der Waals surface area contributed by atoms with Gasteiger partial charge in [0, 0.05) is 6.07 Å². The fourth-order valence-corrected chi connectivity index (χ4v) is 1.67. The highest BCUT2D eigenvalue weighted by Crippen LogP contribution is 2.30. The van der Waals surface area contributed by atoms with Crippen molar-refractivity contribution in [3.63, 3.8) is 0 Å². The van der Waals surface area contributed by atoms with Gasteiger partial charge in [-0.15, -0.1) is 0 Å². The van der Waals surface area contributed by atoms with Gasteiger partial charge in [0.1, 0.15) is 11.6 Å². The van der Waals surface area contributed by atoms with Gasteiger partial charge in [-0.1, -0.05) is 6.07 Å². The van der Waals surface area contributed by atoms with Gasteiger partial charge >= 0.3 is 0 Å². The van der Waals surface area contributed by atoms with Crippen molar-refractivity contribution in [3.8, 4) is 17.2 Å². The second-order valence-corrected chi connectivity index (χ2v) is 3.97. The largest absolute Gasteiger partial charge is 0.504 e. The number of anilines is 1. The summed E-state index contributed by atoms with van der Waals surface area (Å²) in [5.74, 6) is -1.92. The molecular formula is C14H12FNO4. The average Bonchev–Trinajstić information content (AvgIpc) is 2.43. The van der Waals surface area contributed by atoms with Crippen molar-refractivity contribution < 1.29 is 24.1 Å². The number of phenols is 2. The maximum absolute atomic E-state index is 13.0. The van der Waals surface area contributed by atoms with Crippen LogP contribution in [0, 0.1) is 5.82 Å². The lowest BCUT2D eigenvalue weighted by Gasteiger charge is -2.11. The molecule has 0 radical (unpaired) electrons. The first-order valence-electron chi connectivity index (χ1n) is 5.68. The van der Waals surface area contributed by atoms with Crippen molar-refractivity contribution in [2.75, 3.05) is 12.4 Å². The molecule has 0 aliphatic rings. The van der Waals surface area contributed by atoms with Crippen LogP contribution in [0.5, 0.6) is 17.2 Å². The number of carbonyl (C=O) groups is 1. The molecule has 0 saturated carbocycles. The second-order valence-electron chi connectivity index (χ2n) is 3.97. The highest BCUT2D eigenvalue weighted by atomic mass is 19.1. The van der Waals surface area contributed by atoms with Crippen LogP contribution in [0.1, 0.15) is 10.4 Å². The van der Waals surface area contributed by atoms with E-state index in [1.165, 1.54) is 37.4 Å². The van der Waals surface area contributed by atoms with Crippen molar-refractivity contribution in [2.24, 2.45) is 0 Å². The fraction of sp³-hybridized carbons (Fsp3) is 0.0714. The standard InChI is InChI=1S/C14H12FNO4/c1-20-12-7-8(15)5-6-10(12)16-14(19)9-3-2-4-11(17)13(9)18/h2-7,17-18H,1H3,(H,16,19). The molecule has 0 aliphatic carbocycles. The zero-order valence-corrected chi connectivity index (χ0v) is 10.6. The Morgan fingerprint density at radius 3 is 2.70 bits per heavy atom. The molecule has 3 N–H and O–H groups in total. The molecule has 2 aromatic rings. The monoisotopic (exact) mass is 277 g/mol. The molecule has 0 saturated heterocycles. The lowest BCUT2D eigenvalue weighted by atomic mass is 10.1. The van der Waals surface area contributed by atoms with Gasteiger partial charge in [-0.25, -0.2) is 4.39 Å². The second kappa shape index (κ2) is 5.48. The molecule has 5 nitrogen and oxygen atoms in total. The molecule has 0 atom stereocenters. The van der Waals surface area contributed by atoms with Crippen molar-refractivity contribution in [1.82, 2.24) is 0 Å². The summed E-state index contributed by atoms with van der Waals surface area (Å²) < 4.78 is 18.0. The van der Waals surface area contributed by atoms with Crippen LogP contribution in [-0.2, 0) is 0 Å². The Morgan fingerprint density at radius 2 is 2.00 bits per heavy atom. The number of nitrogens with one attached hydrogen (secondary N) is 1. The van der Waals surface area contributed by atoms with Gasteiger partial charge in [-0.2, -0.15) is 0 Å². The zero-order valence-electron chi connectivity index (χ0n) is 10.6.